The van der Waals surface area contributed by atoms with Crippen LogP contribution < -0.4 is 5.32 Å². The molecule has 0 spiro atoms. The van der Waals surface area contributed by atoms with Crippen molar-refractivity contribution in [2.24, 2.45) is 0 Å². The number of carbonyl (C=O) groups excluding carboxylic acids is 3. The summed E-state index contributed by atoms with van der Waals surface area (Å²) < 4.78 is 1.62. The number of nitrogens with one attached hydrogen (secondary N) is 1. The first kappa shape index (κ1) is 29.0. The Labute approximate surface area is 225 Å². The van der Waals surface area contributed by atoms with Crippen LogP contribution in [0.4, 0.5) is 0 Å². The predicted octanol–water partition coefficient (Wildman–Crippen LogP) is 5.60. The van der Waals surface area contributed by atoms with Crippen molar-refractivity contribution in [3.63, 3.8) is 0 Å². The van der Waals surface area contributed by atoms with Crippen LogP contribution in [0.25, 0.3) is 10.9 Å². The molecule has 1 aromatic heterocycles. The number of aromatic hydroxyl groups is 1. The first-order valence-electron chi connectivity index (χ1n) is 13.8. The van der Waals surface area contributed by atoms with Gasteiger partial charge in [-0.3, -0.25) is 19.0 Å². The Morgan fingerprint density at radius 2 is 1.66 bits per heavy atom. The second-order valence-corrected chi connectivity index (χ2v) is 9.99. The fraction of sp³-hybridized carbons (Fsp3) is 0.452. The molecule has 3 aromatic rings. The molecule has 0 radical (unpaired) electrons. The van der Waals surface area contributed by atoms with E-state index < -0.39 is 0 Å². The molecule has 0 saturated carbocycles. The summed E-state index contributed by atoms with van der Waals surface area (Å²) in [6.07, 6.45) is 7.70. The van der Waals surface area contributed by atoms with Gasteiger partial charge in [0.05, 0.1) is 11.9 Å². The number of amides is 2. The molecule has 0 atom stereocenters. The molecule has 0 unspecified atom stereocenters. The molecule has 3 rings (SSSR count). The van der Waals surface area contributed by atoms with Crippen LogP contribution in [0, 0.1) is 6.92 Å². The lowest BCUT2D eigenvalue weighted by Gasteiger charge is -2.16. The van der Waals surface area contributed by atoms with E-state index in [2.05, 4.69) is 12.2 Å². The number of aromatic nitrogens is 1. The maximum atomic E-state index is 13.3. The SMILES string of the molecule is CCCCN(C)C(=O)CCCCCCCNC(=O)Cc1c(C)n(C(=O)c2ccccc2)c2ccc(O)cc12. The molecular formula is C31H41N3O4. The molecule has 0 aliphatic rings. The van der Waals surface area contributed by atoms with Crippen LogP contribution >= 0.6 is 0 Å². The first-order chi connectivity index (χ1) is 18.3. The Bertz CT molecular complexity index is 1230. The van der Waals surface area contributed by atoms with Crippen molar-refractivity contribution < 1.29 is 19.5 Å². The average Bonchev–Trinajstić information content (AvgIpc) is 3.18. The van der Waals surface area contributed by atoms with Crippen LogP contribution in [-0.2, 0) is 16.0 Å². The zero-order chi connectivity index (χ0) is 27.5. The molecule has 0 aliphatic heterocycles. The standard InChI is InChI=1S/C31H41N3O4/c1-4-5-20-33(3)30(37)16-12-7-6-8-13-19-32-29(36)22-26-23(2)34(28-18-17-25(35)21-27(26)28)31(38)24-14-10-9-11-15-24/h9-11,14-15,17-18,21,35H,4-8,12-13,16,19-20,22H2,1-3H3,(H,32,36). The quantitative estimate of drug-likeness (QED) is 0.271. The van der Waals surface area contributed by atoms with E-state index >= 15 is 0 Å². The summed E-state index contributed by atoms with van der Waals surface area (Å²) in [7, 11) is 1.88. The molecule has 7 heteroatoms. The Hall–Kier alpha value is -3.61. The van der Waals surface area contributed by atoms with Gasteiger partial charge in [0.15, 0.2) is 0 Å². The topological polar surface area (TPSA) is 91.6 Å². The van der Waals surface area contributed by atoms with Gasteiger partial charge >= 0.3 is 0 Å². The number of benzene rings is 2. The van der Waals surface area contributed by atoms with Gasteiger partial charge in [-0.05, 0) is 62.1 Å². The lowest BCUT2D eigenvalue weighted by atomic mass is 10.1. The van der Waals surface area contributed by atoms with Gasteiger partial charge < -0.3 is 15.3 Å². The molecule has 2 amide bonds. The lowest BCUT2D eigenvalue weighted by Crippen LogP contribution is -2.27. The molecule has 0 fully saturated rings. The van der Waals surface area contributed by atoms with Crippen molar-refractivity contribution in [3.05, 3.63) is 65.4 Å². The Balaban J connectivity index is 1.49. The van der Waals surface area contributed by atoms with Crippen molar-refractivity contribution in [2.45, 2.75) is 71.6 Å². The van der Waals surface area contributed by atoms with Crippen LogP contribution in [0.2, 0.25) is 0 Å². The van der Waals surface area contributed by atoms with Gasteiger partial charge in [0.25, 0.3) is 5.91 Å². The minimum atomic E-state index is -0.167. The Kier molecular flexibility index (Phi) is 10.9. The molecule has 0 aliphatic carbocycles. The van der Waals surface area contributed by atoms with E-state index in [1.54, 1.807) is 34.9 Å². The van der Waals surface area contributed by atoms with Gasteiger partial charge in [-0.2, -0.15) is 0 Å². The number of hydrogen-bond donors (Lipinski definition) is 2. The number of fused-ring (bicyclic) bond motifs is 1. The van der Waals surface area contributed by atoms with E-state index in [4.69, 9.17) is 0 Å². The maximum absolute atomic E-state index is 13.3. The highest BCUT2D eigenvalue weighted by Crippen LogP contribution is 2.30. The summed E-state index contributed by atoms with van der Waals surface area (Å²) in [5.74, 6) is 0.0436. The van der Waals surface area contributed by atoms with Gasteiger partial charge in [-0.25, -0.2) is 0 Å². The molecule has 0 saturated heterocycles. The third-order valence-electron chi connectivity index (χ3n) is 7.04. The average molecular weight is 520 g/mol. The predicted molar refractivity (Wildman–Crippen MR) is 151 cm³/mol. The molecule has 1 heterocycles. The van der Waals surface area contributed by atoms with Crippen molar-refractivity contribution in [1.29, 1.82) is 0 Å². The number of unbranched alkanes of at least 4 members (excludes halogenated alkanes) is 5. The van der Waals surface area contributed by atoms with Crippen molar-refractivity contribution in [2.75, 3.05) is 20.1 Å². The molecule has 38 heavy (non-hydrogen) atoms. The molecule has 2 aromatic carbocycles. The van der Waals surface area contributed by atoms with Gasteiger partial charge in [0, 0.05) is 43.2 Å². The highest BCUT2D eigenvalue weighted by molar-refractivity contribution is 6.05. The largest absolute Gasteiger partial charge is 0.508 e. The van der Waals surface area contributed by atoms with Crippen LogP contribution in [-0.4, -0.2) is 52.4 Å². The number of nitrogens with zero attached hydrogens (tertiary/aromatic N) is 2. The van der Waals surface area contributed by atoms with E-state index in [1.165, 1.54) is 0 Å². The number of carbonyl (C=O) groups is 3. The second-order valence-electron chi connectivity index (χ2n) is 9.99. The molecular weight excluding hydrogens is 478 g/mol. The second kappa shape index (κ2) is 14.4. The fourth-order valence-corrected chi connectivity index (χ4v) is 4.76. The summed E-state index contributed by atoms with van der Waals surface area (Å²) in [4.78, 5) is 40.0. The van der Waals surface area contributed by atoms with Gasteiger partial charge in [-0.1, -0.05) is 50.8 Å². The summed E-state index contributed by atoms with van der Waals surface area (Å²) >= 11 is 0. The van der Waals surface area contributed by atoms with Gasteiger partial charge in [0.1, 0.15) is 5.75 Å². The van der Waals surface area contributed by atoms with E-state index in [0.29, 0.717) is 35.1 Å². The monoisotopic (exact) mass is 519 g/mol. The molecule has 0 bridgehead atoms. The minimum absolute atomic E-state index is 0.0952. The first-order valence-corrected chi connectivity index (χ1v) is 13.8. The van der Waals surface area contributed by atoms with Crippen molar-refractivity contribution in [3.8, 4) is 5.75 Å². The summed E-state index contributed by atoms with van der Waals surface area (Å²) in [6, 6.07) is 13.9. The molecule has 2 N–H and O–H groups in total. The molecule has 7 nitrogen and oxygen atoms in total. The fourth-order valence-electron chi connectivity index (χ4n) is 4.76. The summed E-state index contributed by atoms with van der Waals surface area (Å²) in [6.45, 7) is 5.39. The summed E-state index contributed by atoms with van der Waals surface area (Å²) in [5, 5.41) is 13.8. The number of phenols is 1. The number of phenolic OH excluding ortho intramolecular Hbond substituents is 1. The van der Waals surface area contributed by atoms with E-state index in [0.717, 1.165) is 57.1 Å². The summed E-state index contributed by atoms with van der Waals surface area (Å²) in [5.41, 5.74) is 2.67. The maximum Gasteiger partial charge on any atom is 0.262 e. The zero-order valence-corrected chi connectivity index (χ0v) is 23.0. The van der Waals surface area contributed by atoms with Crippen molar-refractivity contribution in [1.82, 2.24) is 14.8 Å². The van der Waals surface area contributed by atoms with E-state index in [-0.39, 0.29) is 29.9 Å². The Morgan fingerprint density at radius 1 is 0.947 bits per heavy atom. The van der Waals surface area contributed by atoms with Crippen LogP contribution in [0.3, 0.4) is 0 Å². The van der Waals surface area contributed by atoms with Crippen LogP contribution in [0.1, 0.15) is 79.9 Å². The van der Waals surface area contributed by atoms with Crippen molar-refractivity contribution >= 4 is 28.6 Å². The van der Waals surface area contributed by atoms with Gasteiger partial charge in [-0.15, -0.1) is 0 Å². The third kappa shape index (κ3) is 7.70. The number of hydrogen-bond acceptors (Lipinski definition) is 4. The highest BCUT2D eigenvalue weighted by Gasteiger charge is 2.21. The Morgan fingerprint density at radius 3 is 2.39 bits per heavy atom. The normalized spacial score (nSPS) is 11.0. The van der Waals surface area contributed by atoms with E-state index in [1.807, 2.05) is 37.1 Å². The third-order valence-corrected chi connectivity index (χ3v) is 7.04. The van der Waals surface area contributed by atoms with Gasteiger partial charge in [0.2, 0.25) is 11.8 Å². The molecule has 204 valence electrons. The highest BCUT2D eigenvalue weighted by atomic mass is 16.3. The van der Waals surface area contributed by atoms with Crippen LogP contribution in [0.15, 0.2) is 48.5 Å². The zero-order valence-electron chi connectivity index (χ0n) is 23.0. The number of rotatable bonds is 14. The smallest absolute Gasteiger partial charge is 0.262 e. The lowest BCUT2D eigenvalue weighted by molar-refractivity contribution is -0.130. The van der Waals surface area contributed by atoms with Crippen LogP contribution in [0.5, 0.6) is 5.75 Å². The minimum Gasteiger partial charge on any atom is -0.508 e. The van der Waals surface area contributed by atoms with E-state index in [9.17, 15) is 19.5 Å².